The third kappa shape index (κ3) is 2.79. The van der Waals surface area contributed by atoms with E-state index in [1.807, 2.05) is 0 Å². The van der Waals surface area contributed by atoms with Crippen molar-refractivity contribution in [3.63, 3.8) is 0 Å². The zero-order chi connectivity index (χ0) is 8.97. The van der Waals surface area contributed by atoms with Crippen molar-refractivity contribution in [1.29, 1.82) is 0 Å². The lowest BCUT2D eigenvalue weighted by Crippen LogP contribution is -2.36. The summed E-state index contributed by atoms with van der Waals surface area (Å²) in [5.74, 6) is -0.483. The Hall–Kier alpha value is -0.610. The van der Waals surface area contributed by atoms with Crippen molar-refractivity contribution in [3.8, 4) is 0 Å². The van der Waals surface area contributed by atoms with Gasteiger partial charge in [-0.25, -0.2) is 0 Å². The molecule has 0 unspecified atom stereocenters. The predicted molar refractivity (Wildman–Crippen MR) is 43.8 cm³/mol. The highest BCUT2D eigenvalue weighted by Crippen LogP contribution is 2.19. The van der Waals surface area contributed by atoms with Crippen LogP contribution >= 0.6 is 0 Å². The molecule has 70 valence electrons. The van der Waals surface area contributed by atoms with E-state index in [9.17, 15) is 4.79 Å². The number of carboxylic acid groups (broad SMARTS) is 1. The van der Waals surface area contributed by atoms with Gasteiger partial charge in [-0.2, -0.15) is 0 Å². The van der Waals surface area contributed by atoms with Crippen LogP contribution < -0.4 is 5.73 Å². The topological polar surface area (TPSA) is 72.6 Å². The normalized spacial score (nSPS) is 22.1. The van der Waals surface area contributed by atoms with Gasteiger partial charge in [0.15, 0.2) is 0 Å². The van der Waals surface area contributed by atoms with Crippen LogP contribution in [0.5, 0.6) is 0 Å². The van der Waals surface area contributed by atoms with E-state index in [0.717, 1.165) is 26.1 Å². The quantitative estimate of drug-likeness (QED) is 0.640. The first-order valence-electron chi connectivity index (χ1n) is 4.25. The summed E-state index contributed by atoms with van der Waals surface area (Å²) in [4.78, 5) is 10.3. The molecule has 1 aliphatic heterocycles. The second kappa shape index (κ2) is 4.42. The van der Waals surface area contributed by atoms with Crippen molar-refractivity contribution >= 4 is 5.97 Å². The van der Waals surface area contributed by atoms with Crippen molar-refractivity contribution < 1.29 is 14.6 Å². The fourth-order valence-corrected chi connectivity index (χ4v) is 1.51. The number of hydrogen-bond acceptors (Lipinski definition) is 3. The van der Waals surface area contributed by atoms with Gasteiger partial charge < -0.3 is 15.6 Å². The SMILES string of the molecule is N[C@H](CC(=O)O)C1CCOCC1. The Kier molecular flexibility index (Phi) is 3.49. The van der Waals surface area contributed by atoms with Crippen LogP contribution in [-0.2, 0) is 9.53 Å². The molecule has 0 aromatic carbocycles. The van der Waals surface area contributed by atoms with Crippen LogP contribution in [0.4, 0.5) is 0 Å². The van der Waals surface area contributed by atoms with Gasteiger partial charge in [-0.3, -0.25) is 4.79 Å². The fraction of sp³-hybridized carbons (Fsp3) is 0.875. The number of ether oxygens (including phenoxy) is 1. The van der Waals surface area contributed by atoms with Crippen LogP contribution in [0.2, 0.25) is 0 Å². The summed E-state index contributed by atoms with van der Waals surface area (Å²) in [5, 5.41) is 8.50. The molecule has 1 atom stereocenters. The smallest absolute Gasteiger partial charge is 0.304 e. The van der Waals surface area contributed by atoms with Crippen molar-refractivity contribution in [2.75, 3.05) is 13.2 Å². The second-order valence-corrected chi connectivity index (χ2v) is 3.21. The molecule has 4 nitrogen and oxygen atoms in total. The molecule has 3 N–H and O–H groups in total. The highest BCUT2D eigenvalue weighted by atomic mass is 16.5. The molecule has 0 spiro atoms. The second-order valence-electron chi connectivity index (χ2n) is 3.21. The molecule has 0 radical (unpaired) electrons. The maximum absolute atomic E-state index is 10.3. The molecule has 0 amide bonds. The Morgan fingerprint density at radius 2 is 2.17 bits per heavy atom. The highest BCUT2D eigenvalue weighted by molar-refractivity contribution is 5.67. The fourth-order valence-electron chi connectivity index (χ4n) is 1.51. The predicted octanol–water partition coefficient (Wildman–Crippen LogP) is 0.215. The van der Waals surface area contributed by atoms with E-state index in [1.165, 1.54) is 0 Å². The first kappa shape index (κ1) is 9.48. The Morgan fingerprint density at radius 1 is 1.58 bits per heavy atom. The van der Waals surface area contributed by atoms with Gasteiger partial charge >= 0.3 is 5.97 Å². The van der Waals surface area contributed by atoms with Gasteiger partial charge in [0.05, 0.1) is 6.42 Å². The Labute approximate surface area is 71.7 Å². The van der Waals surface area contributed by atoms with Crippen LogP contribution in [0.1, 0.15) is 19.3 Å². The molecule has 0 aromatic heterocycles. The zero-order valence-corrected chi connectivity index (χ0v) is 7.03. The van der Waals surface area contributed by atoms with E-state index in [2.05, 4.69) is 0 Å². The minimum atomic E-state index is -0.811. The van der Waals surface area contributed by atoms with E-state index in [-0.39, 0.29) is 12.5 Å². The van der Waals surface area contributed by atoms with Crippen molar-refractivity contribution in [1.82, 2.24) is 0 Å². The van der Waals surface area contributed by atoms with Gasteiger partial charge in [0.1, 0.15) is 0 Å². The maximum atomic E-state index is 10.3. The summed E-state index contributed by atoms with van der Waals surface area (Å²) >= 11 is 0. The van der Waals surface area contributed by atoms with E-state index < -0.39 is 5.97 Å². The molecule has 0 aromatic rings. The minimum absolute atomic E-state index is 0.0741. The number of carboxylic acids is 1. The molecule has 1 rings (SSSR count). The van der Waals surface area contributed by atoms with Crippen LogP contribution in [0.3, 0.4) is 0 Å². The van der Waals surface area contributed by atoms with Gasteiger partial charge in [-0.15, -0.1) is 0 Å². The Balaban J connectivity index is 2.29. The van der Waals surface area contributed by atoms with Crippen LogP contribution in [0.25, 0.3) is 0 Å². The monoisotopic (exact) mass is 173 g/mol. The summed E-state index contributed by atoms with van der Waals surface area (Å²) in [5.41, 5.74) is 5.71. The zero-order valence-electron chi connectivity index (χ0n) is 7.03. The highest BCUT2D eigenvalue weighted by Gasteiger charge is 2.22. The molecular formula is C8H15NO3. The molecule has 1 aliphatic rings. The van der Waals surface area contributed by atoms with E-state index >= 15 is 0 Å². The van der Waals surface area contributed by atoms with Gasteiger partial charge in [0.25, 0.3) is 0 Å². The molecule has 0 saturated carbocycles. The molecule has 4 heteroatoms. The third-order valence-corrected chi connectivity index (χ3v) is 2.28. The van der Waals surface area contributed by atoms with E-state index in [4.69, 9.17) is 15.6 Å². The van der Waals surface area contributed by atoms with Crippen molar-refractivity contribution in [2.45, 2.75) is 25.3 Å². The minimum Gasteiger partial charge on any atom is -0.481 e. The van der Waals surface area contributed by atoms with Crippen LogP contribution in [0, 0.1) is 5.92 Å². The molecule has 12 heavy (non-hydrogen) atoms. The largest absolute Gasteiger partial charge is 0.481 e. The number of nitrogens with two attached hydrogens (primary N) is 1. The lowest BCUT2D eigenvalue weighted by molar-refractivity contribution is -0.137. The summed E-state index contributed by atoms with van der Waals surface area (Å²) in [7, 11) is 0. The van der Waals surface area contributed by atoms with Gasteiger partial charge in [0.2, 0.25) is 0 Å². The average Bonchev–Trinajstić information content (AvgIpc) is 2.05. The van der Waals surface area contributed by atoms with E-state index in [0.29, 0.717) is 5.92 Å². The van der Waals surface area contributed by atoms with Crippen molar-refractivity contribution in [2.24, 2.45) is 11.7 Å². The van der Waals surface area contributed by atoms with Crippen molar-refractivity contribution in [3.05, 3.63) is 0 Å². The average molecular weight is 173 g/mol. The molecule has 1 fully saturated rings. The third-order valence-electron chi connectivity index (χ3n) is 2.28. The summed E-state index contributed by atoms with van der Waals surface area (Å²) in [6.45, 7) is 1.44. The number of rotatable bonds is 3. The summed E-state index contributed by atoms with van der Waals surface area (Å²) in [6, 6.07) is -0.202. The first-order chi connectivity index (χ1) is 5.70. The standard InChI is InChI=1S/C8H15NO3/c9-7(5-8(10)11)6-1-3-12-4-2-6/h6-7H,1-5,9H2,(H,10,11)/t7-/m1/s1. The van der Waals surface area contributed by atoms with Gasteiger partial charge in [-0.05, 0) is 18.8 Å². The van der Waals surface area contributed by atoms with Crippen LogP contribution in [-0.4, -0.2) is 30.3 Å². The Morgan fingerprint density at radius 3 is 2.67 bits per heavy atom. The Bertz CT molecular complexity index is 154. The van der Waals surface area contributed by atoms with Gasteiger partial charge in [-0.1, -0.05) is 0 Å². The lowest BCUT2D eigenvalue weighted by Gasteiger charge is -2.26. The number of carbonyl (C=O) groups is 1. The summed E-state index contributed by atoms with van der Waals surface area (Å²) < 4.78 is 5.15. The first-order valence-corrected chi connectivity index (χ1v) is 4.25. The molecule has 0 bridgehead atoms. The number of aliphatic carboxylic acids is 1. The van der Waals surface area contributed by atoms with Gasteiger partial charge in [0, 0.05) is 19.3 Å². The molecule has 1 heterocycles. The van der Waals surface area contributed by atoms with E-state index in [1.54, 1.807) is 0 Å². The van der Waals surface area contributed by atoms with Crippen LogP contribution in [0.15, 0.2) is 0 Å². The molecular weight excluding hydrogens is 158 g/mol. The number of hydrogen-bond donors (Lipinski definition) is 2. The summed E-state index contributed by atoms with van der Waals surface area (Å²) in [6.07, 6.45) is 1.87. The molecule has 0 aliphatic carbocycles. The maximum Gasteiger partial charge on any atom is 0.304 e. The molecule has 1 saturated heterocycles. The lowest BCUT2D eigenvalue weighted by atomic mass is 9.90.